The molecule has 2 amide bonds. The van der Waals surface area contributed by atoms with Crippen molar-refractivity contribution < 1.29 is 19.1 Å². The molecule has 4 rings (SSSR count). The van der Waals surface area contributed by atoms with Crippen molar-refractivity contribution in [3.8, 4) is 11.5 Å². The molecule has 0 saturated carbocycles. The fourth-order valence-corrected chi connectivity index (χ4v) is 3.13. The number of nitrogens with one attached hydrogen (secondary N) is 3. The van der Waals surface area contributed by atoms with Crippen molar-refractivity contribution in [3.05, 3.63) is 121 Å². The zero-order valence-electron chi connectivity index (χ0n) is 20.0. The molecule has 0 bridgehead atoms. The Morgan fingerprint density at radius 3 is 1.38 bits per heavy atom. The molecule has 0 fully saturated rings. The van der Waals surface area contributed by atoms with Crippen LogP contribution in [0.3, 0.4) is 0 Å². The van der Waals surface area contributed by atoms with Gasteiger partial charge in [0, 0.05) is 11.4 Å². The first-order chi connectivity index (χ1) is 18.1. The lowest BCUT2D eigenvalue weighted by Crippen LogP contribution is -2.37. The van der Waals surface area contributed by atoms with Crippen LogP contribution in [0.15, 0.2) is 121 Å². The van der Waals surface area contributed by atoms with Crippen LogP contribution in [0.4, 0.5) is 11.4 Å². The van der Waals surface area contributed by atoms with Crippen LogP contribution < -0.4 is 25.4 Å². The van der Waals surface area contributed by atoms with Gasteiger partial charge in [0.2, 0.25) is 0 Å². The van der Waals surface area contributed by atoms with Crippen LogP contribution in [-0.4, -0.2) is 30.1 Å². The standard InChI is InChI=1S/C15H14N2O2S.C14H13NO2/c18-14(11-19-13-9-5-2-6-10-13)17-15(20)16-12-7-3-1-4-8-12;16-14(15-12-7-3-1-4-8-12)11-17-13-9-5-2-6-10-13/h1-10H,11H2,(H2,16,17,18,20);1-10H,11H2,(H,15,16). The van der Waals surface area contributed by atoms with Crippen molar-refractivity contribution in [3.63, 3.8) is 0 Å². The number of hydrogen-bond acceptors (Lipinski definition) is 5. The molecule has 0 unspecified atom stereocenters. The smallest absolute Gasteiger partial charge is 0.264 e. The number of anilines is 2. The molecule has 4 aromatic rings. The van der Waals surface area contributed by atoms with Gasteiger partial charge in [0.25, 0.3) is 11.8 Å². The van der Waals surface area contributed by atoms with Crippen LogP contribution in [0.1, 0.15) is 0 Å². The Kier molecular flexibility index (Phi) is 11.2. The van der Waals surface area contributed by atoms with Crippen molar-refractivity contribution in [2.45, 2.75) is 0 Å². The lowest BCUT2D eigenvalue weighted by molar-refractivity contribution is -0.121. The summed E-state index contributed by atoms with van der Waals surface area (Å²) in [7, 11) is 0. The van der Waals surface area contributed by atoms with E-state index in [0.29, 0.717) is 11.5 Å². The Bertz CT molecular complexity index is 1240. The number of carbonyl (C=O) groups is 2. The monoisotopic (exact) mass is 513 g/mol. The highest BCUT2D eigenvalue weighted by molar-refractivity contribution is 7.80. The number of hydrogen-bond donors (Lipinski definition) is 3. The second kappa shape index (κ2) is 15.3. The third-order valence-corrected chi connectivity index (χ3v) is 4.77. The molecule has 0 saturated heterocycles. The molecule has 3 N–H and O–H groups in total. The third kappa shape index (κ3) is 11.1. The average Bonchev–Trinajstić information content (AvgIpc) is 2.93. The van der Waals surface area contributed by atoms with E-state index in [2.05, 4.69) is 16.0 Å². The Hall–Kier alpha value is -4.69. The van der Waals surface area contributed by atoms with Crippen molar-refractivity contribution in [1.82, 2.24) is 5.32 Å². The number of rotatable bonds is 8. The number of thiocarbonyl (C=S) groups is 1. The van der Waals surface area contributed by atoms with Gasteiger partial charge in [-0.25, -0.2) is 0 Å². The number of benzene rings is 4. The molecule has 7 nitrogen and oxygen atoms in total. The Labute approximate surface area is 221 Å². The predicted molar refractivity (Wildman–Crippen MR) is 150 cm³/mol. The molecule has 0 radical (unpaired) electrons. The van der Waals surface area contributed by atoms with E-state index < -0.39 is 0 Å². The van der Waals surface area contributed by atoms with Gasteiger partial charge >= 0.3 is 0 Å². The predicted octanol–water partition coefficient (Wildman–Crippen LogP) is 5.28. The van der Waals surface area contributed by atoms with E-state index in [9.17, 15) is 9.59 Å². The largest absolute Gasteiger partial charge is 0.484 e. The van der Waals surface area contributed by atoms with E-state index in [1.54, 1.807) is 12.1 Å². The molecule has 8 heteroatoms. The highest BCUT2D eigenvalue weighted by Crippen LogP contribution is 2.10. The quantitative estimate of drug-likeness (QED) is 0.278. The first-order valence-electron chi connectivity index (χ1n) is 11.4. The van der Waals surface area contributed by atoms with Crippen LogP contribution in [-0.2, 0) is 9.59 Å². The molecule has 188 valence electrons. The molecule has 0 aliphatic heterocycles. The van der Waals surface area contributed by atoms with E-state index in [1.165, 1.54) is 0 Å². The molecule has 37 heavy (non-hydrogen) atoms. The fourth-order valence-electron chi connectivity index (χ4n) is 2.90. The van der Waals surface area contributed by atoms with E-state index in [4.69, 9.17) is 21.7 Å². The Morgan fingerprint density at radius 1 is 0.541 bits per heavy atom. The summed E-state index contributed by atoms with van der Waals surface area (Å²) in [5.74, 6) is 0.864. The summed E-state index contributed by atoms with van der Waals surface area (Å²) in [5.41, 5.74) is 1.59. The zero-order chi connectivity index (χ0) is 26.1. The summed E-state index contributed by atoms with van der Waals surface area (Å²) >= 11 is 5.04. The van der Waals surface area contributed by atoms with Gasteiger partial charge in [0.05, 0.1) is 0 Å². The van der Waals surface area contributed by atoms with Crippen LogP contribution in [0, 0.1) is 0 Å². The molecule has 4 aromatic carbocycles. The zero-order valence-corrected chi connectivity index (χ0v) is 20.8. The summed E-state index contributed by atoms with van der Waals surface area (Å²) in [6.07, 6.45) is 0. The van der Waals surface area contributed by atoms with E-state index in [-0.39, 0.29) is 30.1 Å². The minimum Gasteiger partial charge on any atom is -0.484 e. The lowest BCUT2D eigenvalue weighted by atomic mass is 10.3. The first kappa shape index (κ1) is 26.9. The van der Waals surface area contributed by atoms with E-state index >= 15 is 0 Å². The summed E-state index contributed by atoms with van der Waals surface area (Å²) < 4.78 is 10.6. The molecule has 0 spiro atoms. The van der Waals surface area contributed by atoms with Crippen molar-refractivity contribution >= 4 is 40.5 Å². The van der Waals surface area contributed by atoms with E-state index in [1.807, 2.05) is 109 Å². The SMILES string of the molecule is O=C(COc1ccccc1)NC(=S)Nc1ccccc1.O=C(COc1ccccc1)Nc1ccccc1. The maximum absolute atomic E-state index is 11.7. The first-order valence-corrected chi connectivity index (χ1v) is 11.9. The number of ether oxygens (including phenoxy) is 2. The van der Waals surface area contributed by atoms with Gasteiger partial charge in [-0.15, -0.1) is 0 Å². The Morgan fingerprint density at radius 2 is 0.919 bits per heavy atom. The summed E-state index contributed by atoms with van der Waals surface area (Å²) in [6, 6.07) is 37.1. The van der Waals surface area contributed by atoms with Gasteiger partial charge in [-0.2, -0.15) is 0 Å². The van der Waals surface area contributed by atoms with Crippen LogP contribution >= 0.6 is 12.2 Å². The number of para-hydroxylation sites is 4. The van der Waals surface area contributed by atoms with Crippen LogP contribution in [0.25, 0.3) is 0 Å². The normalized spacial score (nSPS) is 9.62. The summed E-state index contributed by atoms with van der Waals surface area (Å²) in [5, 5.41) is 8.47. The van der Waals surface area contributed by atoms with Crippen molar-refractivity contribution in [2.75, 3.05) is 23.8 Å². The lowest BCUT2D eigenvalue weighted by Gasteiger charge is -2.10. The second-order valence-electron chi connectivity index (χ2n) is 7.49. The van der Waals surface area contributed by atoms with E-state index in [0.717, 1.165) is 11.4 Å². The van der Waals surface area contributed by atoms with Crippen molar-refractivity contribution in [1.29, 1.82) is 0 Å². The van der Waals surface area contributed by atoms with Crippen molar-refractivity contribution in [2.24, 2.45) is 0 Å². The molecule has 0 atom stereocenters. The number of amides is 2. The third-order valence-electron chi connectivity index (χ3n) is 4.57. The summed E-state index contributed by atoms with van der Waals surface area (Å²) in [6.45, 7) is -0.0699. The van der Waals surface area contributed by atoms with Crippen LogP contribution in [0.5, 0.6) is 11.5 Å². The fraction of sp³-hybridized carbons (Fsp3) is 0.0690. The molecular formula is C29H27N3O4S. The minimum absolute atomic E-state index is 0.0128. The molecule has 0 aliphatic carbocycles. The second-order valence-corrected chi connectivity index (χ2v) is 7.89. The molecular weight excluding hydrogens is 486 g/mol. The van der Waals surface area contributed by atoms with Gasteiger partial charge < -0.3 is 20.1 Å². The molecule has 0 aliphatic rings. The van der Waals surface area contributed by atoms with Gasteiger partial charge in [-0.1, -0.05) is 72.8 Å². The van der Waals surface area contributed by atoms with Crippen LogP contribution in [0.2, 0.25) is 0 Å². The van der Waals surface area contributed by atoms with Gasteiger partial charge in [-0.3, -0.25) is 14.9 Å². The van der Waals surface area contributed by atoms with Gasteiger partial charge in [0.15, 0.2) is 18.3 Å². The average molecular weight is 514 g/mol. The topological polar surface area (TPSA) is 88.7 Å². The maximum atomic E-state index is 11.7. The van der Waals surface area contributed by atoms with Gasteiger partial charge in [0.1, 0.15) is 11.5 Å². The highest BCUT2D eigenvalue weighted by atomic mass is 32.1. The minimum atomic E-state index is -0.303. The summed E-state index contributed by atoms with van der Waals surface area (Å²) in [4.78, 5) is 23.2. The number of carbonyl (C=O) groups excluding carboxylic acids is 2. The molecule has 0 heterocycles. The van der Waals surface area contributed by atoms with Gasteiger partial charge in [-0.05, 0) is 60.7 Å². The molecule has 0 aromatic heterocycles. The highest BCUT2D eigenvalue weighted by Gasteiger charge is 2.06. The Balaban J connectivity index is 0.000000208. The maximum Gasteiger partial charge on any atom is 0.264 e.